The van der Waals surface area contributed by atoms with Gasteiger partial charge in [-0.3, -0.25) is 4.79 Å². The largest absolute Gasteiger partial charge is 0.466 e. The van der Waals surface area contributed by atoms with Crippen LogP contribution < -0.4 is 0 Å². The summed E-state index contributed by atoms with van der Waals surface area (Å²) in [5.74, 6) is 2.76. The van der Waals surface area contributed by atoms with Gasteiger partial charge in [-0.15, -0.1) is 11.3 Å². The number of amides is 1. The molecule has 1 atom stereocenters. The molecule has 1 aliphatic heterocycles. The van der Waals surface area contributed by atoms with E-state index in [1.165, 1.54) is 0 Å². The fourth-order valence-corrected chi connectivity index (χ4v) is 3.71. The number of furan rings is 1. The molecule has 0 spiro atoms. The number of aryl methyl sites for hydroxylation is 2. The number of aromatic nitrogens is 2. The molecule has 0 saturated carbocycles. The lowest BCUT2D eigenvalue weighted by Crippen LogP contribution is -2.28. The molecule has 0 N–H and O–H groups in total. The first-order valence-electron chi connectivity index (χ1n) is 7.85. The highest BCUT2D eigenvalue weighted by Crippen LogP contribution is 2.30. The Morgan fingerprint density at radius 1 is 1.42 bits per heavy atom. The first-order chi connectivity index (χ1) is 11.6. The third-order valence-corrected chi connectivity index (χ3v) is 5.14. The van der Waals surface area contributed by atoms with E-state index in [-0.39, 0.29) is 11.8 Å². The van der Waals surface area contributed by atoms with Gasteiger partial charge >= 0.3 is 0 Å². The Bertz CT molecular complexity index is 866. The lowest BCUT2D eigenvalue weighted by Gasteiger charge is -2.15. The third-order valence-electron chi connectivity index (χ3n) is 4.29. The zero-order valence-electron chi connectivity index (χ0n) is 13.5. The Morgan fingerprint density at radius 2 is 2.29 bits per heavy atom. The Hall–Kier alpha value is -2.41. The summed E-state index contributed by atoms with van der Waals surface area (Å²) in [5, 5.41) is 6.08. The van der Waals surface area contributed by atoms with E-state index < -0.39 is 0 Å². The number of thiophene rings is 1. The number of carbonyl (C=O) groups is 1. The number of likely N-dealkylation sites (tertiary alicyclic amines) is 1. The van der Waals surface area contributed by atoms with E-state index in [9.17, 15) is 4.79 Å². The number of hydrogen-bond donors (Lipinski definition) is 0. The number of nitrogens with zero attached hydrogens (tertiary/aromatic N) is 3. The molecule has 1 amide bonds. The molecule has 3 aromatic rings. The molecular weight excluding hydrogens is 326 g/mol. The van der Waals surface area contributed by atoms with E-state index in [1.807, 2.05) is 36.3 Å². The average molecular weight is 343 g/mol. The molecule has 0 aromatic carbocycles. The van der Waals surface area contributed by atoms with Crippen molar-refractivity contribution in [2.45, 2.75) is 26.2 Å². The maximum Gasteiger partial charge on any atom is 0.267 e. The molecule has 24 heavy (non-hydrogen) atoms. The van der Waals surface area contributed by atoms with Crippen LogP contribution in [0.25, 0.3) is 10.8 Å². The minimum Gasteiger partial charge on any atom is -0.466 e. The Balaban J connectivity index is 1.48. The normalized spacial score (nSPS) is 17.6. The molecule has 1 unspecified atom stereocenters. The van der Waals surface area contributed by atoms with E-state index in [0.29, 0.717) is 36.1 Å². The smallest absolute Gasteiger partial charge is 0.267 e. The SMILES string of the molecule is Cc1cc(C(=O)N2CCC(c3noc(-c4cccs4)n3)C2)c(C)o1. The predicted molar refractivity (Wildman–Crippen MR) is 89.1 cm³/mol. The van der Waals surface area contributed by atoms with E-state index in [4.69, 9.17) is 8.94 Å². The highest BCUT2D eigenvalue weighted by molar-refractivity contribution is 7.13. The van der Waals surface area contributed by atoms with Gasteiger partial charge in [-0.25, -0.2) is 0 Å². The van der Waals surface area contributed by atoms with Gasteiger partial charge in [0.15, 0.2) is 5.82 Å². The van der Waals surface area contributed by atoms with Crippen LogP contribution in [0.1, 0.15) is 40.0 Å². The molecular formula is C17H17N3O3S. The summed E-state index contributed by atoms with van der Waals surface area (Å²) in [5.41, 5.74) is 0.639. The molecule has 0 radical (unpaired) electrons. The second-order valence-electron chi connectivity index (χ2n) is 6.00. The second-order valence-corrected chi connectivity index (χ2v) is 6.95. The monoisotopic (exact) mass is 343 g/mol. The maximum atomic E-state index is 12.7. The van der Waals surface area contributed by atoms with Gasteiger partial charge in [0.05, 0.1) is 10.4 Å². The Labute approximate surface area is 143 Å². The quantitative estimate of drug-likeness (QED) is 0.726. The van der Waals surface area contributed by atoms with Crippen LogP contribution in [-0.4, -0.2) is 34.0 Å². The summed E-state index contributed by atoms with van der Waals surface area (Å²) in [6.07, 6.45) is 0.838. The van der Waals surface area contributed by atoms with Crippen molar-refractivity contribution < 1.29 is 13.7 Å². The lowest BCUT2D eigenvalue weighted by atomic mass is 10.1. The van der Waals surface area contributed by atoms with E-state index in [0.717, 1.165) is 17.1 Å². The van der Waals surface area contributed by atoms with E-state index in [1.54, 1.807) is 17.4 Å². The number of carbonyl (C=O) groups excluding carboxylic acids is 1. The zero-order valence-corrected chi connectivity index (χ0v) is 14.3. The van der Waals surface area contributed by atoms with Gasteiger partial charge in [-0.05, 0) is 37.8 Å². The summed E-state index contributed by atoms with van der Waals surface area (Å²) in [4.78, 5) is 20.0. The van der Waals surface area contributed by atoms with Crippen molar-refractivity contribution in [1.29, 1.82) is 0 Å². The van der Waals surface area contributed by atoms with Crippen LogP contribution >= 0.6 is 11.3 Å². The van der Waals surface area contributed by atoms with E-state index in [2.05, 4.69) is 10.1 Å². The lowest BCUT2D eigenvalue weighted by molar-refractivity contribution is 0.0788. The van der Waals surface area contributed by atoms with E-state index >= 15 is 0 Å². The summed E-state index contributed by atoms with van der Waals surface area (Å²) in [7, 11) is 0. The van der Waals surface area contributed by atoms with Gasteiger partial charge in [0.1, 0.15) is 11.5 Å². The zero-order chi connectivity index (χ0) is 16.7. The van der Waals surface area contributed by atoms with Gasteiger partial charge in [0.2, 0.25) is 0 Å². The predicted octanol–water partition coefficient (Wildman–Crippen LogP) is 3.64. The molecule has 124 valence electrons. The molecule has 0 aliphatic carbocycles. The maximum absolute atomic E-state index is 12.7. The molecule has 1 saturated heterocycles. The van der Waals surface area contributed by atoms with Crippen molar-refractivity contribution in [1.82, 2.24) is 15.0 Å². The Kier molecular flexibility index (Phi) is 3.72. The van der Waals surface area contributed by atoms with Crippen molar-refractivity contribution in [2.24, 2.45) is 0 Å². The number of rotatable bonds is 3. The van der Waals surface area contributed by atoms with Gasteiger partial charge < -0.3 is 13.8 Å². The topological polar surface area (TPSA) is 72.4 Å². The highest BCUT2D eigenvalue weighted by atomic mass is 32.1. The molecule has 4 rings (SSSR count). The number of hydrogen-bond acceptors (Lipinski definition) is 6. The first-order valence-corrected chi connectivity index (χ1v) is 8.73. The summed E-state index contributed by atoms with van der Waals surface area (Å²) < 4.78 is 10.8. The summed E-state index contributed by atoms with van der Waals surface area (Å²) in [6.45, 7) is 4.96. The van der Waals surface area contributed by atoms with Crippen molar-refractivity contribution in [2.75, 3.05) is 13.1 Å². The third kappa shape index (κ3) is 2.65. The van der Waals surface area contributed by atoms with Crippen LogP contribution in [0.15, 0.2) is 32.5 Å². The fraction of sp³-hybridized carbons (Fsp3) is 0.353. The molecule has 1 aliphatic rings. The fourth-order valence-electron chi connectivity index (χ4n) is 3.07. The van der Waals surface area contributed by atoms with Crippen LogP contribution in [0.4, 0.5) is 0 Å². The van der Waals surface area contributed by atoms with Gasteiger partial charge in [0, 0.05) is 19.0 Å². The van der Waals surface area contributed by atoms with Crippen LogP contribution in [0.5, 0.6) is 0 Å². The van der Waals surface area contributed by atoms with Crippen LogP contribution in [0.3, 0.4) is 0 Å². The summed E-state index contributed by atoms with van der Waals surface area (Å²) in [6, 6.07) is 5.71. The van der Waals surface area contributed by atoms with Crippen LogP contribution in [-0.2, 0) is 0 Å². The highest BCUT2D eigenvalue weighted by Gasteiger charge is 2.32. The van der Waals surface area contributed by atoms with Crippen molar-refractivity contribution in [3.8, 4) is 10.8 Å². The van der Waals surface area contributed by atoms with Crippen LogP contribution in [0.2, 0.25) is 0 Å². The van der Waals surface area contributed by atoms with Gasteiger partial charge in [-0.1, -0.05) is 11.2 Å². The standard InChI is InChI=1S/C17H17N3O3S/c1-10-8-13(11(2)22-10)17(21)20-6-5-12(9-20)15-18-16(23-19-15)14-4-3-7-24-14/h3-4,7-8,12H,5-6,9H2,1-2H3. The van der Waals surface area contributed by atoms with Gasteiger partial charge in [0.25, 0.3) is 11.8 Å². The molecule has 1 fully saturated rings. The molecule has 4 heterocycles. The second kappa shape index (κ2) is 5.90. The molecule has 3 aromatic heterocycles. The average Bonchev–Trinajstić information content (AvgIpc) is 3.33. The Morgan fingerprint density at radius 3 is 3.00 bits per heavy atom. The van der Waals surface area contributed by atoms with Crippen molar-refractivity contribution >= 4 is 17.2 Å². The first kappa shape index (κ1) is 15.1. The van der Waals surface area contributed by atoms with Crippen LogP contribution in [0, 0.1) is 13.8 Å². The van der Waals surface area contributed by atoms with Crippen molar-refractivity contribution in [3.63, 3.8) is 0 Å². The van der Waals surface area contributed by atoms with Gasteiger partial charge in [-0.2, -0.15) is 4.98 Å². The minimum absolute atomic E-state index is 0.00817. The minimum atomic E-state index is 0.00817. The molecule has 6 nitrogen and oxygen atoms in total. The van der Waals surface area contributed by atoms with Crippen molar-refractivity contribution in [3.05, 3.63) is 46.5 Å². The summed E-state index contributed by atoms with van der Waals surface area (Å²) >= 11 is 1.57. The molecule has 7 heteroatoms. The molecule has 0 bridgehead atoms.